The predicted molar refractivity (Wildman–Crippen MR) is 199 cm³/mol. The van der Waals surface area contributed by atoms with Gasteiger partial charge in [0.2, 0.25) is 0 Å². The molecule has 0 fully saturated rings. The van der Waals surface area contributed by atoms with Crippen LogP contribution in [0.1, 0.15) is 0 Å². The number of aromatic nitrogens is 4. The third-order valence-electron chi connectivity index (χ3n) is 9.53. The van der Waals surface area contributed by atoms with E-state index in [2.05, 4.69) is 155 Å². The van der Waals surface area contributed by atoms with Gasteiger partial charge < -0.3 is 4.57 Å². The van der Waals surface area contributed by atoms with Crippen LogP contribution in [0.2, 0.25) is 0 Å². The van der Waals surface area contributed by atoms with Gasteiger partial charge in [0.15, 0.2) is 5.82 Å². The first kappa shape index (κ1) is 26.7. The van der Waals surface area contributed by atoms with Gasteiger partial charge in [-0.25, -0.2) is 9.97 Å². The van der Waals surface area contributed by atoms with E-state index in [-0.39, 0.29) is 0 Å². The highest BCUT2D eigenvalue weighted by Gasteiger charge is 2.24. The molecule has 0 radical (unpaired) electrons. The molecule has 4 nitrogen and oxygen atoms in total. The van der Waals surface area contributed by atoms with E-state index in [1.165, 1.54) is 37.7 Å². The Morgan fingerprint density at radius 2 is 1.02 bits per heavy atom. The summed E-state index contributed by atoms with van der Waals surface area (Å²) >= 11 is 0. The lowest BCUT2D eigenvalue weighted by molar-refractivity contribution is 1.05. The van der Waals surface area contributed by atoms with Crippen LogP contribution in [0.3, 0.4) is 0 Å². The van der Waals surface area contributed by atoms with Crippen LogP contribution in [0.5, 0.6) is 0 Å². The molecule has 3 aromatic heterocycles. The monoisotopic (exact) mass is 612 g/mol. The summed E-state index contributed by atoms with van der Waals surface area (Å²) in [4.78, 5) is 10.5. The molecule has 7 aromatic carbocycles. The lowest BCUT2D eigenvalue weighted by Gasteiger charge is -2.15. The summed E-state index contributed by atoms with van der Waals surface area (Å²) in [6.45, 7) is 0. The number of rotatable bonds is 4. The van der Waals surface area contributed by atoms with Gasteiger partial charge in [-0.05, 0) is 34.4 Å². The Morgan fingerprint density at radius 1 is 0.417 bits per heavy atom. The van der Waals surface area contributed by atoms with Crippen molar-refractivity contribution in [3.8, 4) is 34.2 Å². The van der Waals surface area contributed by atoms with Gasteiger partial charge in [-0.2, -0.15) is 0 Å². The average molecular weight is 613 g/mol. The highest BCUT2D eigenvalue weighted by Crippen LogP contribution is 2.45. The predicted octanol–water partition coefficient (Wildman–Crippen LogP) is 11.2. The smallest absolute Gasteiger partial charge is 0.162 e. The first-order valence-electron chi connectivity index (χ1n) is 16.3. The van der Waals surface area contributed by atoms with Crippen molar-refractivity contribution in [1.82, 2.24) is 19.1 Å². The quantitative estimate of drug-likeness (QED) is 0.185. The molecule has 0 aliphatic rings. The van der Waals surface area contributed by atoms with E-state index < -0.39 is 0 Å². The molecule has 0 bridgehead atoms. The number of nitrogens with zero attached hydrogens (tertiary/aromatic N) is 4. The fourth-order valence-corrected chi connectivity index (χ4v) is 7.43. The lowest BCUT2D eigenvalue weighted by atomic mass is 9.96. The zero-order valence-electron chi connectivity index (χ0n) is 26.0. The Labute approximate surface area is 276 Å². The minimum absolute atomic E-state index is 0.692. The van der Waals surface area contributed by atoms with E-state index in [0.717, 1.165) is 44.9 Å². The van der Waals surface area contributed by atoms with E-state index in [9.17, 15) is 0 Å². The van der Waals surface area contributed by atoms with Crippen LogP contribution in [-0.2, 0) is 0 Å². The Kier molecular flexibility index (Phi) is 5.84. The minimum Gasteiger partial charge on any atom is -0.315 e. The van der Waals surface area contributed by atoms with Gasteiger partial charge in [-0.1, -0.05) is 140 Å². The van der Waals surface area contributed by atoms with Gasteiger partial charge >= 0.3 is 0 Å². The Balaban J connectivity index is 1.46. The third kappa shape index (κ3) is 3.96. The first-order valence-corrected chi connectivity index (χ1v) is 16.3. The molecular formula is C44H28N4. The summed E-state index contributed by atoms with van der Waals surface area (Å²) < 4.78 is 4.72. The molecule has 3 heterocycles. The van der Waals surface area contributed by atoms with E-state index >= 15 is 0 Å². The van der Waals surface area contributed by atoms with Crippen molar-refractivity contribution >= 4 is 54.3 Å². The van der Waals surface area contributed by atoms with Gasteiger partial charge in [-0.3, -0.25) is 4.57 Å². The van der Waals surface area contributed by atoms with Crippen molar-refractivity contribution < 1.29 is 0 Å². The van der Waals surface area contributed by atoms with Crippen molar-refractivity contribution in [2.45, 2.75) is 0 Å². The molecule has 0 aliphatic heterocycles. The molecule has 4 heteroatoms. The third-order valence-corrected chi connectivity index (χ3v) is 9.53. The fourth-order valence-electron chi connectivity index (χ4n) is 7.43. The van der Waals surface area contributed by atoms with Crippen molar-refractivity contribution in [3.05, 3.63) is 170 Å². The van der Waals surface area contributed by atoms with Crippen LogP contribution in [0, 0.1) is 0 Å². The molecule has 0 N–H and O–H groups in total. The lowest BCUT2D eigenvalue weighted by Crippen LogP contribution is -2.04. The number of fused-ring (bicyclic) bond motifs is 10. The zero-order valence-corrected chi connectivity index (χ0v) is 26.0. The highest BCUT2D eigenvalue weighted by molar-refractivity contribution is 6.34. The van der Waals surface area contributed by atoms with Gasteiger partial charge in [0.05, 0.1) is 22.2 Å². The highest BCUT2D eigenvalue weighted by atomic mass is 15.1. The summed E-state index contributed by atoms with van der Waals surface area (Å²) in [6.07, 6.45) is 2.18. The molecule has 10 aromatic rings. The molecule has 0 saturated carbocycles. The van der Waals surface area contributed by atoms with Gasteiger partial charge in [0.25, 0.3) is 0 Å². The average Bonchev–Trinajstić information content (AvgIpc) is 3.76. The maximum absolute atomic E-state index is 5.39. The number of hydrogen-bond donors (Lipinski definition) is 0. The van der Waals surface area contributed by atoms with Gasteiger partial charge in [0.1, 0.15) is 5.82 Å². The SMILES string of the molecule is c1ccc(-c2cc(-n3c4c5ccccc5c5ccccc5c4c4ccc5ccn(-c6ccccc6)c5c43)nc(-c3ccccc3)n2)cc1. The molecule has 0 atom stereocenters. The molecule has 0 saturated heterocycles. The number of benzene rings is 7. The Hall–Kier alpha value is -6.52. The van der Waals surface area contributed by atoms with Crippen LogP contribution >= 0.6 is 0 Å². The minimum atomic E-state index is 0.692. The summed E-state index contributed by atoms with van der Waals surface area (Å²) in [7, 11) is 0. The van der Waals surface area contributed by atoms with Crippen LogP contribution in [0.15, 0.2) is 170 Å². The topological polar surface area (TPSA) is 35.6 Å². The number of para-hydroxylation sites is 1. The summed E-state index contributed by atoms with van der Waals surface area (Å²) in [5.41, 5.74) is 7.43. The largest absolute Gasteiger partial charge is 0.315 e. The van der Waals surface area contributed by atoms with E-state index in [1.54, 1.807) is 0 Å². The molecule has 0 spiro atoms. The van der Waals surface area contributed by atoms with Crippen molar-refractivity contribution in [2.24, 2.45) is 0 Å². The van der Waals surface area contributed by atoms with Crippen LogP contribution < -0.4 is 0 Å². The molecule has 48 heavy (non-hydrogen) atoms. The van der Waals surface area contributed by atoms with Gasteiger partial charge in [0, 0.05) is 50.6 Å². The van der Waals surface area contributed by atoms with Gasteiger partial charge in [-0.15, -0.1) is 0 Å². The zero-order chi connectivity index (χ0) is 31.6. The molecule has 224 valence electrons. The second-order valence-corrected chi connectivity index (χ2v) is 12.2. The standard InChI is InChI=1S/C44H28N4/c1-4-14-29(15-5-1)38-28-39(46-44(45-38)31-16-6-2-7-17-31)48-42-36-23-13-11-21-34(36)33-20-10-12-22-35(33)40(42)37-25-24-30-26-27-47(41(30)43(37)48)32-18-8-3-9-19-32/h1-28H. The summed E-state index contributed by atoms with van der Waals surface area (Å²) in [6, 6.07) is 57.8. The fraction of sp³-hybridized carbons (Fsp3) is 0. The van der Waals surface area contributed by atoms with E-state index in [4.69, 9.17) is 9.97 Å². The van der Waals surface area contributed by atoms with Crippen LogP contribution in [0.25, 0.3) is 88.4 Å². The second kappa shape index (κ2) is 10.5. The second-order valence-electron chi connectivity index (χ2n) is 12.2. The van der Waals surface area contributed by atoms with E-state index in [0.29, 0.717) is 5.82 Å². The Bertz CT molecular complexity index is 2760. The molecule has 0 aliphatic carbocycles. The van der Waals surface area contributed by atoms with Crippen molar-refractivity contribution in [3.63, 3.8) is 0 Å². The molecule has 0 amide bonds. The molecule has 0 unspecified atom stereocenters. The molecule has 10 rings (SSSR count). The van der Waals surface area contributed by atoms with E-state index in [1.807, 2.05) is 24.3 Å². The molecular weight excluding hydrogens is 585 g/mol. The van der Waals surface area contributed by atoms with Crippen molar-refractivity contribution in [1.29, 1.82) is 0 Å². The maximum Gasteiger partial charge on any atom is 0.162 e. The summed E-state index contributed by atoms with van der Waals surface area (Å²) in [5, 5.41) is 8.47. The first-order chi connectivity index (χ1) is 23.8. The van der Waals surface area contributed by atoms with Crippen LogP contribution in [-0.4, -0.2) is 19.1 Å². The summed E-state index contributed by atoms with van der Waals surface area (Å²) in [5.74, 6) is 1.52. The maximum atomic E-state index is 5.39. The normalized spacial score (nSPS) is 11.8. The van der Waals surface area contributed by atoms with Crippen molar-refractivity contribution in [2.75, 3.05) is 0 Å². The Morgan fingerprint density at radius 3 is 1.75 bits per heavy atom. The van der Waals surface area contributed by atoms with Crippen LogP contribution in [0.4, 0.5) is 0 Å². The number of hydrogen-bond acceptors (Lipinski definition) is 2.